The molecule has 3 nitrogen and oxygen atoms in total. The lowest BCUT2D eigenvalue weighted by atomic mass is 10.1. The SMILES string of the molecule is c1cc(CNC2CC2)c2ccn(Cc3cscn3)c2c1. The molecular weight excluding hydrogens is 266 g/mol. The van der Waals surface area contributed by atoms with Gasteiger partial charge in [-0.15, -0.1) is 11.3 Å². The van der Waals surface area contributed by atoms with Crippen LogP contribution in [0.4, 0.5) is 0 Å². The van der Waals surface area contributed by atoms with Gasteiger partial charge in [-0.2, -0.15) is 0 Å². The van der Waals surface area contributed by atoms with Gasteiger partial charge in [0.15, 0.2) is 0 Å². The van der Waals surface area contributed by atoms with E-state index in [0.717, 1.165) is 24.8 Å². The molecule has 4 heteroatoms. The van der Waals surface area contributed by atoms with Gasteiger partial charge in [0.05, 0.1) is 17.7 Å². The molecule has 1 saturated carbocycles. The number of aromatic nitrogens is 2. The number of nitrogens with zero attached hydrogens (tertiary/aromatic N) is 2. The van der Waals surface area contributed by atoms with Crippen LogP contribution in [0.1, 0.15) is 24.1 Å². The summed E-state index contributed by atoms with van der Waals surface area (Å²) < 4.78 is 2.28. The Morgan fingerprint density at radius 2 is 2.25 bits per heavy atom. The minimum absolute atomic E-state index is 0.752. The van der Waals surface area contributed by atoms with Gasteiger partial charge in [-0.05, 0) is 30.5 Å². The summed E-state index contributed by atoms with van der Waals surface area (Å²) in [5.74, 6) is 0. The Bertz CT molecular complexity index is 710. The fraction of sp³-hybridized carbons (Fsp3) is 0.312. The minimum atomic E-state index is 0.752. The smallest absolute Gasteiger partial charge is 0.0795 e. The van der Waals surface area contributed by atoms with Crippen LogP contribution in [0.3, 0.4) is 0 Å². The quantitative estimate of drug-likeness (QED) is 0.778. The van der Waals surface area contributed by atoms with Crippen molar-refractivity contribution in [2.45, 2.75) is 32.0 Å². The van der Waals surface area contributed by atoms with Crippen molar-refractivity contribution in [1.29, 1.82) is 0 Å². The Morgan fingerprint density at radius 1 is 1.30 bits per heavy atom. The fourth-order valence-electron chi connectivity index (χ4n) is 2.61. The summed E-state index contributed by atoms with van der Waals surface area (Å²) in [4.78, 5) is 4.37. The van der Waals surface area contributed by atoms with Gasteiger partial charge >= 0.3 is 0 Å². The molecule has 0 spiro atoms. The van der Waals surface area contributed by atoms with E-state index in [0.29, 0.717) is 0 Å². The van der Waals surface area contributed by atoms with Gasteiger partial charge in [0.25, 0.3) is 0 Å². The second-order valence-electron chi connectivity index (χ2n) is 5.43. The van der Waals surface area contributed by atoms with Crippen molar-refractivity contribution in [3.8, 4) is 0 Å². The maximum Gasteiger partial charge on any atom is 0.0795 e. The Morgan fingerprint density at radius 3 is 3.05 bits per heavy atom. The Hall–Kier alpha value is -1.65. The summed E-state index contributed by atoms with van der Waals surface area (Å²) in [7, 11) is 0. The molecule has 0 saturated heterocycles. The molecule has 102 valence electrons. The highest BCUT2D eigenvalue weighted by Gasteiger charge is 2.20. The van der Waals surface area contributed by atoms with Gasteiger partial charge in [-0.1, -0.05) is 12.1 Å². The van der Waals surface area contributed by atoms with Crippen LogP contribution in [0.25, 0.3) is 10.9 Å². The maximum atomic E-state index is 4.37. The van der Waals surface area contributed by atoms with Gasteiger partial charge in [0.2, 0.25) is 0 Å². The first kappa shape index (κ1) is 12.1. The van der Waals surface area contributed by atoms with E-state index in [4.69, 9.17) is 0 Å². The van der Waals surface area contributed by atoms with Gasteiger partial charge < -0.3 is 9.88 Å². The molecule has 0 amide bonds. The van der Waals surface area contributed by atoms with E-state index < -0.39 is 0 Å². The van der Waals surface area contributed by atoms with Crippen LogP contribution in [-0.4, -0.2) is 15.6 Å². The standard InChI is InChI=1S/C16H17N3S/c1-2-12(8-17-13-4-5-13)15-6-7-19(16(15)3-1)9-14-10-20-11-18-14/h1-3,6-7,10-11,13,17H,4-5,8-9H2. The average molecular weight is 283 g/mol. The highest BCUT2D eigenvalue weighted by atomic mass is 32.1. The fourth-order valence-corrected chi connectivity index (χ4v) is 3.16. The number of hydrogen-bond acceptors (Lipinski definition) is 3. The van der Waals surface area contributed by atoms with Crippen LogP contribution >= 0.6 is 11.3 Å². The largest absolute Gasteiger partial charge is 0.341 e. The first-order chi connectivity index (χ1) is 9.90. The van der Waals surface area contributed by atoms with Crippen molar-refractivity contribution in [1.82, 2.24) is 14.9 Å². The van der Waals surface area contributed by atoms with Gasteiger partial charge in [0.1, 0.15) is 0 Å². The molecule has 0 atom stereocenters. The lowest BCUT2D eigenvalue weighted by Gasteiger charge is -2.07. The van der Waals surface area contributed by atoms with E-state index in [9.17, 15) is 0 Å². The van der Waals surface area contributed by atoms with Crippen molar-refractivity contribution in [2.24, 2.45) is 0 Å². The second kappa shape index (κ2) is 5.04. The third-order valence-electron chi connectivity index (χ3n) is 3.88. The lowest BCUT2D eigenvalue weighted by Crippen LogP contribution is -2.15. The van der Waals surface area contributed by atoms with E-state index in [1.54, 1.807) is 11.3 Å². The molecule has 1 N–H and O–H groups in total. The first-order valence-corrected chi connectivity index (χ1v) is 8.01. The third kappa shape index (κ3) is 2.37. The average Bonchev–Trinajstić information content (AvgIpc) is 2.99. The normalized spacial score (nSPS) is 15.0. The predicted molar refractivity (Wildman–Crippen MR) is 83.0 cm³/mol. The van der Waals surface area contributed by atoms with E-state index >= 15 is 0 Å². The highest BCUT2D eigenvalue weighted by molar-refractivity contribution is 7.07. The number of benzene rings is 1. The number of nitrogens with one attached hydrogen (secondary N) is 1. The van der Waals surface area contributed by atoms with Gasteiger partial charge in [-0.25, -0.2) is 4.98 Å². The number of hydrogen-bond donors (Lipinski definition) is 1. The molecule has 1 aliphatic carbocycles. The second-order valence-corrected chi connectivity index (χ2v) is 6.15. The van der Waals surface area contributed by atoms with Gasteiger partial charge in [-0.3, -0.25) is 0 Å². The van der Waals surface area contributed by atoms with E-state index in [1.807, 2.05) is 5.51 Å². The van der Waals surface area contributed by atoms with Crippen molar-refractivity contribution >= 4 is 22.2 Å². The molecule has 20 heavy (non-hydrogen) atoms. The molecule has 3 aromatic rings. The zero-order valence-electron chi connectivity index (χ0n) is 11.2. The topological polar surface area (TPSA) is 29.9 Å². The van der Waals surface area contributed by atoms with E-state index in [2.05, 4.69) is 50.7 Å². The van der Waals surface area contributed by atoms with Crippen molar-refractivity contribution in [2.75, 3.05) is 0 Å². The molecular formula is C16H17N3S. The summed E-state index contributed by atoms with van der Waals surface area (Å²) in [6, 6.07) is 9.56. The Kier molecular flexibility index (Phi) is 3.05. The molecule has 0 aliphatic heterocycles. The van der Waals surface area contributed by atoms with Crippen LogP contribution in [0.5, 0.6) is 0 Å². The summed E-state index contributed by atoms with van der Waals surface area (Å²) in [6.07, 6.45) is 4.84. The van der Waals surface area contributed by atoms with Gasteiger partial charge in [0, 0.05) is 35.1 Å². The third-order valence-corrected chi connectivity index (χ3v) is 4.51. The van der Waals surface area contributed by atoms with Crippen molar-refractivity contribution in [3.05, 3.63) is 52.6 Å². The maximum absolute atomic E-state index is 4.37. The van der Waals surface area contributed by atoms with E-state index in [-0.39, 0.29) is 0 Å². The molecule has 0 bridgehead atoms. The summed E-state index contributed by atoms with van der Waals surface area (Å²) in [5.41, 5.74) is 5.72. The molecule has 2 heterocycles. The molecule has 4 rings (SSSR count). The molecule has 0 unspecified atom stereocenters. The minimum Gasteiger partial charge on any atom is -0.341 e. The van der Waals surface area contributed by atoms with E-state index in [1.165, 1.54) is 29.3 Å². The monoisotopic (exact) mass is 283 g/mol. The molecule has 1 fully saturated rings. The molecule has 1 aromatic carbocycles. The van der Waals surface area contributed by atoms with Crippen LogP contribution in [0.2, 0.25) is 0 Å². The number of rotatable bonds is 5. The molecule has 0 radical (unpaired) electrons. The first-order valence-electron chi connectivity index (χ1n) is 7.07. The lowest BCUT2D eigenvalue weighted by molar-refractivity contribution is 0.691. The van der Waals surface area contributed by atoms with Crippen LogP contribution < -0.4 is 5.32 Å². The summed E-state index contributed by atoms with van der Waals surface area (Å²) in [5, 5.41) is 7.07. The summed E-state index contributed by atoms with van der Waals surface area (Å²) in [6.45, 7) is 1.83. The van der Waals surface area contributed by atoms with Crippen LogP contribution in [-0.2, 0) is 13.1 Å². The zero-order chi connectivity index (χ0) is 13.4. The highest BCUT2D eigenvalue weighted by Crippen LogP contribution is 2.24. The summed E-state index contributed by atoms with van der Waals surface area (Å²) >= 11 is 1.65. The van der Waals surface area contributed by atoms with Crippen molar-refractivity contribution < 1.29 is 0 Å². The molecule has 1 aliphatic rings. The Balaban J connectivity index is 1.64. The van der Waals surface area contributed by atoms with Crippen LogP contribution in [0.15, 0.2) is 41.4 Å². The van der Waals surface area contributed by atoms with Crippen molar-refractivity contribution in [3.63, 3.8) is 0 Å². The van der Waals surface area contributed by atoms with Crippen LogP contribution in [0, 0.1) is 0 Å². The number of fused-ring (bicyclic) bond motifs is 1. The zero-order valence-corrected chi connectivity index (χ0v) is 12.1. The number of thiazole rings is 1. The molecule has 2 aromatic heterocycles. The predicted octanol–water partition coefficient (Wildman–Crippen LogP) is 3.40. The Labute approximate surface area is 122 Å².